The van der Waals surface area contributed by atoms with Crippen LogP contribution in [0.3, 0.4) is 0 Å². The van der Waals surface area contributed by atoms with Gasteiger partial charge in [0.15, 0.2) is 0 Å². The lowest BCUT2D eigenvalue weighted by atomic mass is 10.1. The fraction of sp³-hybridized carbons (Fsp3) is 0.467. The summed E-state index contributed by atoms with van der Waals surface area (Å²) in [6, 6.07) is 2.53. The molecule has 23 heavy (non-hydrogen) atoms. The Bertz CT molecular complexity index is 543. The second-order valence-electron chi connectivity index (χ2n) is 4.63. The van der Waals surface area contributed by atoms with Crippen molar-refractivity contribution < 1.29 is 28.6 Å². The maximum absolute atomic E-state index is 11.8. The van der Waals surface area contributed by atoms with E-state index in [1.54, 1.807) is 18.3 Å². The Hall–Kier alpha value is -2.64. The number of nitrogens with zero attached hydrogens (tertiary/aromatic N) is 1. The largest absolute Gasteiger partial charge is 0.481 e. The average molecular weight is 324 g/mol. The highest BCUT2D eigenvalue weighted by Gasteiger charge is 2.22. The minimum absolute atomic E-state index is 0.0552. The van der Waals surface area contributed by atoms with Crippen LogP contribution in [0.25, 0.3) is 0 Å². The summed E-state index contributed by atoms with van der Waals surface area (Å²) in [7, 11) is 3.98. The van der Waals surface area contributed by atoms with Crippen LogP contribution < -0.4 is 10.1 Å². The number of ether oxygens (including phenoxy) is 3. The van der Waals surface area contributed by atoms with Gasteiger partial charge < -0.3 is 19.5 Å². The summed E-state index contributed by atoms with van der Waals surface area (Å²) >= 11 is 0. The van der Waals surface area contributed by atoms with Gasteiger partial charge in [-0.3, -0.25) is 9.59 Å². The topological polar surface area (TPSA) is 104 Å². The van der Waals surface area contributed by atoms with Gasteiger partial charge in [-0.2, -0.15) is 0 Å². The fourth-order valence-electron chi connectivity index (χ4n) is 1.81. The Morgan fingerprint density at radius 2 is 1.87 bits per heavy atom. The normalized spacial score (nSPS) is 11.3. The van der Waals surface area contributed by atoms with Gasteiger partial charge in [0, 0.05) is 25.1 Å². The van der Waals surface area contributed by atoms with E-state index in [1.165, 1.54) is 21.3 Å². The van der Waals surface area contributed by atoms with Crippen molar-refractivity contribution in [2.24, 2.45) is 0 Å². The van der Waals surface area contributed by atoms with Gasteiger partial charge in [-0.15, -0.1) is 0 Å². The first kappa shape index (κ1) is 18.4. The molecule has 1 aromatic rings. The second-order valence-corrected chi connectivity index (χ2v) is 4.63. The Morgan fingerprint density at radius 3 is 2.39 bits per heavy atom. The van der Waals surface area contributed by atoms with Crippen molar-refractivity contribution in [3.63, 3.8) is 0 Å². The number of carbonyl (C=O) groups is 3. The van der Waals surface area contributed by atoms with Crippen LogP contribution in [0, 0.1) is 0 Å². The lowest BCUT2D eigenvalue weighted by Gasteiger charge is -2.16. The van der Waals surface area contributed by atoms with Crippen LogP contribution in [0.15, 0.2) is 18.3 Å². The molecule has 1 amide bonds. The first-order valence-corrected chi connectivity index (χ1v) is 6.93. The number of rotatable bonds is 8. The van der Waals surface area contributed by atoms with E-state index in [2.05, 4.69) is 19.8 Å². The van der Waals surface area contributed by atoms with E-state index in [0.717, 1.165) is 5.56 Å². The quantitative estimate of drug-likeness (QED) is 0.683. The molecule has 0 radical (unpaired) electrons. The summed E-state index contributed by atoms with van der Waals surface area (Å²) < 4.78 is 14.1. The van der Waals surface area contributed by atoms with E-state index >= 15 is 0 Å². The van der Waals surface area contributed by atoms with Gasteiger partial charge in [-0.1, -0.05) is 6.07 Å². The van der Waals surface area contributed by atoms with E-state index in [-0.39, 0.29) is 19.3 Å². The Labute approximate surface area is 134 Å². The fourth-order valence-corrected chi connectivity index (χ4v) is 1.81. The SMILES string of the molecule is COC(=O)CCC(=O)N[C@@H](Cc1ccc(OC)nc1)C(=O)OC. The van der Waals surface area contributed by atoms with Crippen molar-refractivity contribution in [2.45, 2.75) is 25.3 Å². The van der Waals surface area contributed by atoms with E-state index < -0.39 is 23.9 Å². The zero-order valence-corrected chi connectivity index (χ0v) is 13.3. The van der Waals surface area contributed by atoms with Crippen LogP contribution in [0.2, 0.25) is 0 Å². The van der Waals surface area contributed by atoms with Crippen molar-refractivity contribution in [1.82, 2.24) is 10.3 Å². The number of aromatic nitrogens is 1. The summed E-state index contributed by atoms with van der Waals surface area (Å²) in [4.78, 5) is 38.7. The number of hydrogen-bond donors (Lipinski definition) is 1. The number of carbonyl (C=O) groups excluding carboxylic acids is 3. The number of pyridine rings is 1. The lowest BCUT2D eigenvalue weighted by molar-refractivity contribution is -0.145. The molecule has 0 fully saturated rings. The van der Waals surface area contributed by atoms with Crippen LogP contribution in [0.5, 0.6) is 5.88 Å². The first-order valence-electron chi connectivity index (χ1n) is 6.93. The van der Waals surface area contributed by atoms with Crippen LogP contribution >= 0.6 is 0 Å². The van der Waals surface area contributed by atoms with Gasteiger partial charge in [0.25, 0.3) is 0 Å². The molecule has 0 aliphatic heterocycles. The molecule has 0 aliphatic carbocycles. The molecule has 126 valence electrons. The number of nitrogens with one attached hydrogen (secondary N) is 1. The number of methoxy groups -OCH3 is 3. The first-order chi connectivity index (χ1) is 11.0. The molecule has 0 saturated heterocycles. The highest BCUT2D eigenvalue weighted by molar-refractivity contribution is 5.86. The van der Waals surface area contributed by atoms with Gasteiger partial charge in [0.2, 0.25) is 11.8 Å². The monoisotopic (exact) mass is 324 g/mol. The minimum Gasteiger partial charge on any atom is -0.481 e. The molecule has 1 N–H and O–H groups in total. The molecule has 1 rings (SSSR count). The molecule has 0 spiro atoms. The van der Waals surface area contributed by atoms with Crippen molar-refractivity contribution in [3.05, 3.63) is 23.9 Å². The van der Waals surface area contributed by atoms with Gasteiger partial charge in [-0.25, -0.2) is 9.78 Å². The van der Waals surface area contributed by atoms with Gasteiger partial charge in [0.1, 0.15) is 6.04 Å². The van der Waals surface area contributed by atoms with Gasteiger partial charge in [0.05, 0.1) is 27.8 Å². The molecule has 0 saturated carbocycles. The highest BCUT2D eigenvalue weighted by atomic mass is 16.5. The molecule has 0 bridgehead atoms. The summed E-state index contributed by atoms with van der Waals surface area (Å²) in [5, 5.41) is 2.54. The molecule has 0 aliphatic rings. The molecule has 0 aromatic carbocycles. The van der Waals surface area contributed by atoms with Crippen LogP contribution in [0.4, 0.5) is 0 Å². The maximum atomic E-state index is 11.8. The summed E-state index contributed by atoms with van der Waals surface area (Å²) in [6.45, 7) is 0. The molecule has 1 aromatic heterocycles. The molecule has 1 heterocycles. The molecule has 8 heteroatoms. The summed E-state index contributed by atoms with van der Waals surface area (Å²) in [5.74, 6) is -1.06. The van der Waals surface area contributed by atoms with Gasteiger partial charge in [-0.05, 0) is 5.56 Å². The zero-order valence-electron chi connectivity index (χ0n) is 13.3. The molecule has 0 unspecified atom stereocenters. The number of esters is 2. The molecule has 1 atom stereocenters. The number of amides is 1. The van der Waals surface area contributed by atoms with E-state index in [4.69, 9.17) is 4.74 Å². The molecule has 8 nitrogen and oxygen atoms in total. The standard InChI is InChI=1S/C15H20N2O6/c1-21-13-6-4-10(9-16-13)8-11(15(20)23-3)17-12(18)5-7-14(19)22-2/h4,6,9,11H,5,7-8H2,1-3H3,(H,17,18)/t11-/m0/s1. The summed E-state index contributed by atoms with van der Waals surface area (Å²) in [6.07, 6.45) is 1.64. The number of hydrogen-bond acceptors (Lipinski definition) is 7. The summed E-state index contributed by atoms with van der Waals surface area (Å²) in [5.41, 5.74) is 0.731. The third-order valence-electron chi connectivity index (χ3n) is 3.05. The average Bonchev–Trinajstić information content (AvgIpc) is 2.58. The lowest BCUT2D eigenvalue weighted by Crippen LogP contribution is -2.43. The van der Waals surface area contributed by atoms with Crippen molar-refractivity contribution in [2.75, 3.05) is 21.3 Å². The van der Waals surface area contributed by atoms with Crippen LogP contribution in [-0.4, -0.2) is 50.2 Å². The van der Waals surface area contributed by atoms with E-state index in [9.17, 15) is 14.4 Å². The van der Waals surface area contributed by atoms with Crippen molar-refractivity contribution in [1.29, 1.82) is 0 Å². The van der Waals surface area contributed by atoms with Crippen LogP contribution in [0.1, 0.15) is 18.4 Å². The van der Waals surface area contributed by atoms with E-state index in [0.29, 0.717) is 5.88 Å². The van der Waals surface area contributed by atoms with Crippen molar-refractivity contribution >= 4 is 17.8 Å². The Kier molecular flexibility index (Phi) is 7.52. The van der Waals surface area contributed by atoms with Crippen molar-refractivity contribution in [3.8, 4) is 5.88 Å². The Balaban J connectivity index is 2.66. The predicted molar refractivity (Wildman–Crippen MR) is 79.7 cm³/mol. The second kappa shape index (κ2) is 9.39. The van der Waals surface area contributed by atoms with E-state index in [1.807, 2.05) is 0 Å². The maximum Gasteiger partial charge on any atom is 0.328 e. The Morgan fingerprint density at radius 1 is 1.13 bits per heavy atom. The minimum atomic E-state index is -0.861. The zero-order chi connectivity index (χ0) is 17.2. The smallest absolute Gasteiger partial charge is 0.328 e. The van der Waals surface area contributed by atoms with Crippen LogP contribution in [-0.2, 0) is 30.3 Å². The third kappa shape index (κ3) is 6.33. The van der Waals surface area contributed by atoms with Gasteiger partial charge >= 0.3 is 11.9 Å². The predicted octanol–water partition coefficient (Wildman–Crippen LogP) is 0.244. The third-order valence-corrected chi connectivity index (χ3v) is 3.05. The molecular weight excluding hydrogens is 304 g/mol. The highest BCUT2D eigenvalue weighted by Crippen LogP contribution is 2.09. The molecular formula is C15H20N2O6.